The molecule has 3 amide bonds. The fraction of sp³-hybridized carbons (Fsp3) is 0.348. The first kappa shape index (κ1) is 38.9. The van der Waals surface area contributed by atoms with E-state index >= 15 is 0 Å². The summed E-state index contributed by atoms with van der Waals surface area (Å²) in [6.07, 6.45) is 3.13. The molecule has 58 heavy (non-hydrogen) atoms. The second-order valence-corrected chi connectivity index (χ2v) is 16.2. The monoisotopic (exact) mass is 783 g/mol. The summed E-state index contributed by atoms with van der Waals surface area (Å²) in [6.45, 7) is 8.65. The van der Waals surface area contributed by atoms with E-state index < -0.39 is 29.7 Å². The number of ether oxygens (including phenoxy) is 3. The molecule has 2 aliphatic heterocycles. The molecule has 0 unspecified atom stereocenters. The number of aromatic nitrogens is 1. The van der Waals surface area contributed by atoms with Gasteiger partial charge in [0.2, 0.25) is 11.8 Å². The lowest BCUT2D eigenvalue weighted by Gasteiger charge is -2.40. The van der Waals surface area contributed by atoms with Crippen molar-refractivity contribution in [1.82, 2.24) is 14.8 Å². The Balaban J connectivity index is 0.983. The van der Waals surface area contributed by atoms with Gasteiger partial charge in [0.1, 0.15) is 18.2 Å². The topological polar surface area (TPSA) is 131 Å². The molecule has 1 aromatic heterocycles. The van der Waals surface area contributed by atoms with Crippen molar-refractivity contribution in [3.63, 3.8) is 0 Å². The van der Waals surface area contributed by atoms with Crippen LogP contribution in [0.15, 0.2) is 97.2 Å². The zero-order chi connectivity index (χ0) is 40.4. The fourth-order valence-corrected chi connectivity index (χ4v) is 8.24. The molecule has 12 heteroatoms. The number of piperazine rings is 1. The van der Waals surface area contributed by atoms with E-state index in [2.05, 4.69) is 33.7 Å². The Morgan fingerprint density at radius 1 is 0.879 bits per heavy atom. The Hall–Kier alpha value is -5.98. The Morgan fingerprint density at radius 2 is 1.64 bits per heavy atom. The highest BCUT2D eigenvalue weighted by Gasteiger charge is 2.31. The first-order valence-corrected chi connectivity index (χ1v) is 20.0. The number of fused-ring (bicyclic) bond motifs is 4. The number of amides is 3. The molecule has 0 radical (unpaired) electrons. The number of alkyl carbamates (subject to hydrolysis) is 1. The number of nitrogens with zero attached hydrogens (tertiary/aromatic N) is 3. The molecule has 5 aromatic rings. The number of rotatable bonds is 9. The van der Waals surface area contributed by atoms with Crippen LogP contribution >= 0.6 is 0 Å². The van der Waals surface area contributed by atoms with E-state index in [-0.39, 0.29) is 18.9 Å². The molecule has 0 saturated carbocycles. The quantitative estimate of drug-likeness (QED) is 0.156. The highest BCUT2D eigenvalue weighted by molar-refractivity contribution is 6.05. The van der Waals surface area contributed by atoms with Crippen molar-refractivity contribution in [2.75, 3.05) is 43.1 Å². The van der Waals surface area contributed by atoms with Crippen LogP contribution in [0.3, 0.4) is 0 Å². The van der Waals surface area contributed by atoms with Gasteiger partial charge in [0.15, 0.2) is 0 Å². The molecule has 2 fully saturated rings. The van der Waals surface area contributed by atoms with Crippen molar-refractivity contribution >= 4 is 46.3 Å². The summed E-state index contributed by atoms with van der Waals surface area (Å²) < 4.78 is 18.3. The van der Waals surface area contributed by atoms with E-state index in [1.54, 1.807) is 51.2 Å². The molecular weight excluding hydrogens is 735 g/mol. The SMILES string of the molecule is CC(C)(C)OC(=O)n1ccc2c(NC(=O)[C@H](Cc3ccc(N4CCN(C5CCOCC5)CC4=O)cc3)NC(=O)OCc3cccc4c3Cc3ccccc3-4)cccc21. The van der Waals surface area contributed by atoms with Crippen LogP contribution in [0.4, 0.5) is 21.0 Å². The number of hydrogen-bond donors (Lipinski definition) is 2. The molecule has 3 heterocycles. The van der Waals surface area contributed by atoms with Gasteiger partial charge in [-0.05, 0) is 104 Å². The first-order valence-electron chi connectivity index (χ1n) is 20.0. The van der Waals surface area contributed by atoms with Crippen LogP contribution in [0, 0.1) is 0 Å². The van der Waals surface area contributed by atoms with E-state index in [4.69, 9.17) is 14.2 Å². The van der Waals surface area contributed by atoms with Gasteiger partial charge in [-0.25, -0.2) is 9.59 Å². The average molecular weight is 784 g/mol. The Morgan fingerprint density at radius 3 is 2.41 bits per heavy atom. The third-order valence-electron chi connectivity index (χ3n) is 11.1. The largest absolute Gasteiger partial charge is 0.445 e. The fourth-order valence-electron chi connectivity index (χ4n) is 8.24. The van der Waals surface area contributed by atoms with Gasteiger partial charge in [0.05, 0.1) is 17.7 Å². The van der Waals surface area contributed by atoms with E-state index in [1.807, 2.05) is 53.4 Å². The molecule has 0 bridgehead atoms. The van der Waals surface area contributed by atoms with Crippen LogP contribution in [0.5, 0.6) is 0 Å². The molecule has 1 aliphatic carbocycles. The van der Waals surface area contributed by atoms with Crippen LogP contribution in [0.1, 0.15) is 55.9 Å². The van der Waals surface area contributed by atoms with Gasteiger partial charge in [-0.1, -0.05) is 60.7 Å². The minimum atomic E-state index is -1.03. The maximum absolute atomic E-state index is 14.2. The third kappa shape index (κ3) is 8.48. The number of hydrogen-bond acceptors (Lipinski definition) is 8. The summed E-state index contributed by atoms with van der Waals surface area (Å²) in [6, 6.07) is 28.2. The number of nitrogens with one attached hydrogen (secondary N) is 2. The molecule has 3 aliphatic rings. The number of carbonyl (C=O) groups is 4. The summed E-state index contributed by atoms with van der Waals surface area (Å²) in [5.41, 5.74) is 7.50. The zero-order valence-electron chi connectivity index (χ0n) is 33.2. The molecular formula is C46H49N5O7. The molecule has 2 saturated heterocycles. The van der Waals surface area contributed by atoms with Crippen LogP contribution in [0.2, 0.25) is 0 Å². The van der Waals surface area contributed by atoms with Crippen LogP contribution in [0.25, 0.3) is 22.0 Å². The molecule has 300 valence electrons. The number of benzene rings is 4. The van der Waals surface area contributed by atoms with Gasteiger partial charge < -0.3 is 29.7 Å². The highest BCUT2D eigenvalue weighted by atomic mass is 16.6. The third-order valence-corrected chi connectivity index (χ3v) is 11.1. The Bertz CT molecular complexity index is 2340. The molecule has 1 atom stereocenters. The molecule has 8 rings (SSSR count). The Labute approximate surface area is 338 Å². The van der Waals surface area contributed by atoms with Gasteiger partial charge in [0, 0.05) is 56.0 Å². The zero-order valence-corrected chi connectivity index (χ0v) is 33.2. The van der Waals surface area contributed by atoms with Crippen molar-refractivity contribution in [2.24, 2.45) is 0 Å². The highest BCUT2D eigenvalue weighted by Crippen LogP contribution is 2.38. The smallest absolute Gasteiger partial charge is 0.418 e. The summed E-state index contributed by atoms with van der Waals surface area (Å²) in [5.74, 6) is -0.413. The average Bonchev–Trinajstić information content (AvgIpc) is 3.83. The predicted molar refractivity (Wildman–Crippen MR) is 222 cm³/mol. The number of carbonyl (C=O) groups excluding carboxylic acids is 4. The summed E-state index contributed by atoms with van der Waals surface area (Å²) in [7, 11) is 0. The lowest BCUT2D eigenvalue weighted by atomic mass is 10.0. The predicted octanol–water partition coefficient (Wildman–Crippen LogP) is 7.30. The van der Waals surface area contributed by atoms with E-state index in [0.717, 1.165) is 67.0 Å². The van der Waals surface area contributed by atoms with E-state index in [9.17, 15) is 19.2 Å². The second kappa shape index (κ2) is 16.5. The van der Waals surface area contributed by atoms with Crippen molar-refractivity contribution in [3.8, 4) is 11.1 Å². The van der Waals surface area contributed by atoms with Gasteiger partial charge in [-0.15, -0.1) is 0 Å². The van der Waals surface area contributed by atoms with E-state index in [1.165, 1.54) is 15.7 Å². The van der Waals surface area contributed by atoms with Crippen molar-refractivity contribution in [2.45, 2.75) is 70.7 Å². The van der Waals surface area contributed by atoms with Crippen molar-refractivity contribution in [1.29, 1.82) is 0 Å². The molecule has 4 aromatic carbocycles. The maximum Gasteiger partial charge on any atom is 0.418 e. The van der Waals surface area contributed by atoms with Crippen molar-refractivity contribution < 1.29 is 33.4 Å². The van der Waals surface area contributed by atoms with Crippen LogP contribution in [-0.4, -0.2) is 84.0 Å². The maximum atomic E-state index is 14.2. The van der Waals surface area contributed by atoms with Crippen molar-refractivity contribution in [3.05, 3.63) is 119 Å². The summed E-state index contributed by atoms with van der Waals surface area (Å²) >= 11 is 0. The Kier molecular flexibility index (Phi) is 11.0. The lowest BCUT2D eigenvalue weighted by Crippen LogP contribution is -2.54. The first-order chi connectivity index (χ1) is 28.0. The normalized spacial score (nSPS) is 16.4. The molecule has 12 nitrogen and oxygen atoms in total. The lowest BCUT2D eigenvalue weighted by molar-refractivity contribution is -0.122. The molecule has 2 N–H and O–H groups in total. The minimum Gasteiger partial charge on any atom is -0.445 e. The van der Waals surface area contributed by atoms with Gasteiger partial charge >= 0.3 is 12.2 Å². The molecule has 0 spiro atoms. The van der Waals surface area contributed by atoms with E-state index in [0.29, 0.717) is 35.7 Å². The van der Waals surface area contributed by atoms with Gasteiger partial charge in [0.25, 0.3) is 0 Å². The van der Waals surface area contributed by atoms with Gasteiger partial charge in [-0.2, -0.15) is 0 Å². The summed E-state index contributed by atoms with van der Waals surface area (Å²) in [5, 5.41) is 6.45. The summed E-state index contributed by atoms with van der Waals surface area (Å²) in [4.78, 5) is 58.0. The standard InChI is InChI=1S/C46H49N5O7/c1-46(2,3)58-45(55)51-21-18-37-39(12-7-13-41(37)51)47-43(53)40(48-44(54)57-29-32-9-6-11-36-35-10-5-4-8-31(35)27-38(32)36)26-30-14-16-34(17-15-30)50-23-22-49(28-42(50)52)33-19-24-56-25-20-33/h4-18,21,33,40H,19-20,22-29H2,1-3H3,(H,47,53)(H,48,54)/t40-/m0/s1. The van der Waals surface area contributed by atoms with Crippen LogP contribution < -0.4 is 15.5 Å². The van der Waals surface area contributed by atoms with Gasteiger partial charge in [-0.3, -0.25) is 19.1 Å². The number of anilines is 2. The van der Waals surface area contributed by atoms with Crippen LogP contribution in [-0.2, 0) is 43.2 Å². The minimum absolute atomic E-state index is 0.0410. The second-order valence-electron chi connectivity index (χ2n) is 16.2.